The zero-order valence-corrected chi connectivity index (χ0v) is 22.9. The number of nitriles is 1. The first-order valence-electron chi connectivity index (χ1n) is 13.0. The van der Waals surface area contributed by atoms with Crippen molar-refractivity contribution in [2.24, 2.45) is 11.8 Å². The first-order valence-corrected chi connectivity index (χ1v) is 13.0. The van der Waals surface area contributed by atoms with Crippen LogP contribution in [-0.2, 0) is 5.60 Å². The number of allylic oxidation sites excluding steroid dienone is 1. The van der Waals surface area contributed by atoms with Crippen molar-refractivity contribution in [1.29, 1.82) is 5.26 Å². The molecule has 3 unspecified atom stereocenters. The molecule has 1 aromatic heterocycles. The second-order valence-corrected chi connectivity index (χ2v) is 10.9. The van der Waals surface area contributed by atoms with Crippen LogP contribution in [0.3, 0.4) is 0 Å². The van der Waals surface area contributed by atoms with Crippen molar-refractivity contribution in [3.63, 3.8) is 0 Å². The number of halogens is 1. The maximum Gasteiger partial charge on any atom is 0.413 e. The molecule has 0 spiro atoms. The zero-order valence-electron chi connectivity index (χ0n) is 22.9. The molecule has 8 nitrogen and oxygen atoms in total. The minimum Gasteiger partial charge on any atom is -0.465 e. The van der Waals surface area contributed by atoms with Gasteiger partial charge < -0.3 is 15.1 Å². The number of rotatable bonds is 9. The Hall–Kier alpha value is -3.51. The summed E-state index contributed by atoms with van der Waals surface area (Å²) in [6, 6.07) is 7.68. The number of anilines is 2. The van der Waals surface area contributed by atoms with Gasteiger partial charge in [-0.05, 0) is 77.0 Å². The fourth-order valence-corrected chi connectivity index (χ4v) is 4.89. The van der Waals surface area contributed by atoms with Crippen LogP contribution >= 0.6 is 0 Å². The molecule has 1 fully saturated rings. The lowest BCUT2D eigenvalue weighted by atomic mass is 9.72. The SMILES string of the molecule is CC/C=C\N(CC1CC(CN(C(=O)O)c2cnc(C(C)(C)O)cn2)CCC1(C)F)c1cc(C#N)ccc1C. The quantitative estimate of drug-likeness (QED) is 0.418. The number of hydrogen-bond donors (Lipinski definition) is 2. The molecule has 3 atom stereocenters. The van der Waals surface area contributed by atoms with E-state index in [9.17, 15) is 20.3 Å². The minimum atomic E-state index is -1.42. The highest BCUT2D eigenvalue weighted by Crippen LogP contribution is 2.41. The van der Waals surface area contributed by atoms with Crippen molar-refractivity contribution in [1.82, 2.24) is 9.97 Å². The number of benzene rings is 1. The van der Waals surface area contributed by atoms with Gasteiger partial charge in [-0.25, -0.2) is 14.2 Å². The standard InChI is InChI=1S/C29H38FN5O3/c1-6-7-12-34(24-14-21(15-31)9-8-20(24)2)19-23-13-22(10-11-29(23,5)30)18-35(27(36)37)26-17-32-25(16-33-26)28(3,4)38/h7-9,12,14,16-17,22-23,38H,6,10-11,13,18-19H2,1-5H3,(H,36,37)/b12-7-. The second kappa shape index (κ2) is 11.9. The number of amides is 1. The Labute approximate surface area is 224 Å². The first kappa shape index (κ1) is 29.1. The van der Waals surface area contributed by atoms with E-state index in [0.29, 0.717) is 37.1 Å². The van der Waals surface area contributed by atoms with E-state index in [-0.39, 0.29) is 24.2 Å². The molecule has 1 amide bonds. The number of carboxylic acid groups (broad SMARTS) is 1. The summed E-state index contributed by atoms with van der Waals surface area (Å²) in [7, 11) is 0. The van der Waals surface area contributed by atoms with Gasteiger partial charge >= 0.3 is 6.09 Å². The molecule has 1 aromatic carbocycles. The summed E-state index contributed by atoms with van der Waals surface area (Å²) in [6.07, 6.45) is 7.72. The van der Waals surface area contributed by atoms with Gasteiger partial charge in [-0.1, -0.05) is 19.1 Å². The van der Waals surface area contributed by atoms with Crippen LogP contribution in [0.4, 0.5) is 20.7 Å². The van der Waals surface area contributed by atoms with Gasteiger partial charge in [0.05, 0.1) is 29.7 Å². The zero-order chi connectivity index (χ0) is 28.1. The number of aryl methyl sites for hydroxylation is 1. The lowest BCUT2D eigenvalue weighted by Crippen LogP contribution is -2.45. The van der Waals surface area contributed by atoms with E-state index < -0.39 is 17.4 Å². The van der Waals surface area contributed by atoms with E-state index >= 15 is 4.39 Å². The average Bonchev–Trinajstić information content (AvgIpc) is 2.86. The summed E-state index contributed by atoms with van der Waals surface area (Å²) < 4.78 is 15.8. The van der Waals surface area contributed by atoms with Crippen LogP contribution < -0.4 is 9.80 Å². The Bertz CT molecular complexity index is 1180. The monoisotopic (exact) mass is 523 g/mol. The summed E-state index contributed by atoms with van der Waals surface area (Å²) in [5.74, 6) is -0.251. The highest BCUT2D eigenvalue weighted by Gasteiger charge is 2.42. The maximum atomic E-state index is 15.8. The predicted octanol–water partition coefficient (Wildman–Crippen LogP) is 5.94. The summed E-state index contributed by atoms with van der Waals surface area (Å²) in [5.41, 5.74) is 0.124. The molecule has 1 aliphatic carbocycles. The van der Waals surface area contributed by atoms with Crippen molar-refractivity contribution < 1.29 is 19.4 Å². The molecule has 9 heteroatoms. The molecule has 2 aromatic rings. The first-order chi connectivity index (χ1) is 17.9. The van der Waals surface area contributed by atoms with E-state index in [1.165, 1.54) is 12.4 Å². The molecule has 0 bridgehead atoms. The highest BCUT2D eigenvalue weighted by molar-refractivity contribution is 5.84. The maximum absolute atomic E-state index is 15.8. The lowest BCUT2D eigenvalue weighted by molar-refractivity contribution is 0.0390. The van der Waals surface area contributed by atoms with Crippen molar-refractivity contribution in [3.05, 3.63) is 59.7 Å². The highest BCUT2D eigenvalue weighted by atomic mass is 19.1. The number of aliphatic hydroxyl groups is 1. The third kappa shape index (κ3) is 7.07. The normalized spacial score (nSPS) is 21.7. The van der Waals surface area contributed by atoms with Crippen LogP contribution in [0.15, 0.2) is 42.9 Å². The van der Waals surface area contributed by atoms with E-state index in [0.717, 1.165) is 22.6 Å². The average molecular weight is 524 g/mol. The molecule has 38 heavy (non-hydrogen) atoms. The summed E-state index contributed by atoms with van der Waals surface area (Å²) in [6.45, 7) is 9.37. The van der Waals surface area contributed by atoms with Gasteiger partial charge in [-0.2, -0.15) is 5.26 Å². The molecule has 1 heterocycles. The van der Waals surface area contributed by atoms with Crippen LogP contribution in [0.25, 0.3) is 0 Å². The number of aromatic nitrogens is 2. The van der Waals surface area contributed by atoms with Gasteiger partial charge in [0.2, 0.25) is 0 Å². The molecule has 1 aliphatic rings. The summed E-state index contributed by atoms with van der Waals surface area (Å²) in [5, 5.41) is 29.5. The molecule has 0 saturated heterocycles. The largest absolute Gasteiger partial charge is 0.465 e. The van der Waals surface area contributed by atoms with Crippen molar-refractivity contribution >= 4 is 17.6 Å². The number of alkyl halides is 1. The topological polar surface area (TPSA) is 114 Å². The Morgan fingerprint density at radius 2 is 2.05 bits per heavy atom. The molecule has 204 valence electrons. The van der Waals surface area contributed by atoms with Gasteiger partial charge in [-0.15, -0.1) is 0 Å². The van der Waals surface area contributed by atoms with Crippen molar-refractivity contribution in [2.45, 2.75) is 71.6 Å². The van der Waals surface area contributed by atoms with E-state index in [1.807, 2.05) is 43.2 Å². The van der Waals surface area contributed by atoms with Gasteiger partial charge in [0.15, 0.2) is 5.82 Å². The second-order valence-electron chi connectivity index (χ2n) is 10.9. The minimum absolute atomic E-state index is 0.0702. The third-order valence-corrected chi connectivity index (χ3v) is 7.31. The Morgan fingerprint density at radius 3 is 2.63 bits per heavy atom. The Balaban J connectivity index is 1.83. The van der Waals surface area contributed by atoms with Crippen LogP contribution in [-0.4, -0.2) is 45.0 Å². The van der Waals surface area contributed by atoms with Crippen LogP contribution in [0.2, 0.25) is 0 Å². The molecular formula is C29H38FN5O3. The van der Waals surface area contributed by atoms with Crippen molar-refractivity contribution in [2.75, 3.05) is 22.9 Å². The molecule has 0 aliphatic heterocycles. The fraction of sp³-hybridized carbons (Fsp3) is 0.517. The fourth-order valence-electron chi connectivity index (χ4n) is 4.89. The molecule has 3 rings (SSSR count). The number of carbonyl (C=O) groups is 1. The third-order valence-electron chi connectivity index (χ3n) is 7.31. The van der Waals surface area contributed by atoms with Gasteiger partial charge in [0, 0.05) is 30.9 Å². The van der Waals surface area contributed by atoms with E-state index in [1.54, 1.807) is 26.8 Å². The molecular weight excluding hydrogens is 485 g/mol. The predicted molar refractivity (Wildman–Crippen MR) is 146 cm³/mol. The summed E-state index contributed by atoms with van der Waals surface area (Å²) in [4.78, 5) is 23.7. The number of nitrogens with zero attached hydrogens (tertiary/aromatic N) is 5. The van der Waals surface area contributed by atoms with Gasteiger partial charge in [0.25, 0.3) is 0 Å². The Morgan fingerprint density at radius 1 is 1.32 bits per heavy atom. The molecule has 2 N–H and O–H groups in total. The van der Waals surface area contributed by atoms with Crippen LogP contribution in [0, 0.1) is 30.1 Å². The van der Waals surface area contributed by atoms with E-state index in [4.69, 9.17) is 0 Å². The van der Waals surface area contributed by atoms with Gasteiger partial charge in [0.1, 0.15) is 11.3 Å². The molecule has 1 saturated carbocycles. The summed E-state index contributed by atoms with van der Waals surface area (Å²) >= 11 is 0. The van der Waals surface area contributed by atoms with Crippen LogP contribution in [0.1, 0.15) is 70.2 Å². The van der Waals surface area contributed by atoms with Gasteiger partial charge in [-0.3, -0.25) is 9.88 Å². The van der Waals surface area contributed by atoms with Crippen LogP contribution in [0.5, 0.6) is 0 Å². The smallest absolute Gasteiger partial charge is 0.413 e. The van der Waals surface area contributed by atoms with E-state index in [2.05, 4.69) is 16.0 Å². The Kier molecular flexibility index (Phi) is 9.10. The molecule has 0 radical (unpaired) electrons. The lowest BCUT2D eigenvalue weighted by Gasteiger charge is -2.42. The number of hydrogen-bond acceptors (Lipinski definition) is 6. The van der Waals surface area contributed by atoms with Crippen molar-refractivity contribution in [3.8, 4) is 6.07 Å².